The van der Waals surface area contributed by atoms with Gasteiger partial charge in [-0.15, -0.1) is 0 Å². The molecule has 0 aliphatic carbocycles. The summed E-state index contributed by atoms with van der Waals surface area (Å²) >= 11 is 0. The molecule has 8 nitrogen and oxygen atoms in total. The molecule has 0 aliphatic heterocycles. The van der Waals surface area contributed by atoms with Crippen molar-refractivity contribution in [1.29, 1.82) is 0 Å². The number of hydrogen-bond donors (Lipinski definition) is 2. The van der Waals surface area contributed by atoms with Crippen LogP contribution in [0.3, 0.4) is 0 Å². The van der Waals surface area contributed by atoms with Crippen LogP contribution in [0.5, 0.6) is 0 Å². The summed E-state index contributed by atoms with van der Waals surface area (Å²) in [7, 11) is -4.27. The van der Waals surface area contributed by atoms with Crippen LogP contribution in [-0.4, -0.2) is 49.9 Å². The number of rotatable bonds is 42. The molecular formula is C43H84NO7P. The lowest BCUT2D eigenvalue weighted by Gasteiger charge is -2.20. The molecule has 0 radical (unpaired) electrons. The molecule has 52 heavy (non-hydrogen) atoms. The summed E-state index contributed by atoms with van der Waals surface area (Å²) in [5, 5.41) is 0. The van der Waals surface area contributed by atoms with E-state index in [0.29, 0.717) is 13.0 Å². The fourth-order valence-corrected chi connectivity index (χ4v) is 6.90. The van der Waals surface area contributed by atoms with E-state index in [2.05, 4.69) is 38.2 Å². The summed E-state index contributed by atoms with van der Waals surface area (Å²) in [4.78, 5) is 22.5. The SMILES string of the molecule is CCCC/C=C\C/C=C\CCCCCCCCOCC(COP(=O)(O)OCCN)OC(=O)CCCCCCCCCCCCCCCCCCCC. The Kier molecular flexibility index (Phi) is 40.3. The van der Waals surface area contributed by atoms with E-state index in [1.807, 2.05) is 0 Å². The fourth-order valence-electron chi connectivity index (χ4n) is 6.13. The minimum atomic E-state index is -4.27. The number of hydrogen-bond acceptors (Lipinski definition) is 7. The Hall–Kier alpha value is -1.02. The first-order valence-electron chi connectivity index (χ1n) is 21.8. The monoisotopic (exact) mass is 758 g/mol. The molecule has 0 amide bonds. The van der Waals surface area contributed by atoms with E-state index in [9.17, 15) is 14.3 Å². The van der Waals surface area contributed by atoms with Gasteiger partial charge in [-0.05, 0) is 38.5 Å². The van der Waals surface area contributed by atoms with Crippen molar-refractivity contribution in [3.63, 3.8) is 0 Å². The van der Waals surface area contributed by atoms with Gasteiger partial charge in [-0.1, -0.05) is 186 Å². The first kappa shape index (κ1) is 51.0. The summed E-state index contributed by atoms with van der Waals surface area (Å²) in [5.74, 6) is -0.331. The predicted octanol–water partition coefficient (Wildman–Crippen LogP) is 12.9. The Morgan fingerprint density at radius 3 is 1.56 bits per heavy atom. The minimum Gasteiger partial charge on any atom is -0.457 e. The van der Waals surface area contributed by atoms with E-state index in [1.54, 1.807) is 0 Å². The number of phosphoric ester groups is 1. The smallest absolute Gasteiger partial charge is 0.457 e. The van der Waals surface area contributed by atoms with Crippen molar-refractivity contribution in [2.75, 3.05) is 33.0 Å². The number of carbonyl (C=O) groups is 1. The lowest BCUT2D eigenvalue weighted by atomic mass is 10.0. The molecule has 0 aliphatic rings. The molecule has 0 aromatic heterocycles. The molecular weight excluding hydrogens is 673 g/mol. The summed E-state index contributed by atoms with van der Waals surface area (Å²) in [6.07, 6.45) is 44.8. The summed E-state index contributed by atoms with van der Waals surface area (Å²) in [6, 6.07) is 0. The highest BCUT2D eigenvalue weighted by Crippen LogP contribution is 2.43. The van der Waals surface area contributed by atoms with Crippen molar-refractivity contribution >= 4 is 13.8 Å². The standard InChI is InChI=1S/C43H84NO7P/c1-3-5-7-9-11-13-15-17-19-20-21-22-24-26-28-30-32-34-36-43(45)51-42(41-50-52(46,47)49-39-37-44)40-48-38-35-33-31-29-27-25-23-18-16-14-12-10-8-6-4-2/h10,12,16,18,42H,3-9,11,13-15,17,19-41,44H2,1-2H3,(H,46,47)/b12-10-,18-16-. The van der Waals surface area contributed by atoms with Gasteiger partial charge in [0.25, 0.3) is 0 Å². The third-order valence-corrected chi connectivity index (χ3v) is 10.4. The maximum Gasteiger partial charge on any atom is 0.472 e. The Bertz CT molecular complexity index is 853. The molecule has 0 fully saturated rings. The predicted molar refractivity (Wildman–Crippen MR) is 220 cm³/mol. The molecule has 0 saturated carbocycles. The second kappa shape index (κ2) is 41.1. The van der Waals surface area contributed by atoms with Gasteiger partial charge < -0.3 is 20.1 Å². The number of ether oxygens (including phenoxy) is 2. The van der Waals surface area contributed by atoms with E-state index >= 15 is 0 Å². The van der Waals surface area contributed by atoms with Gasteiger partial charge in [0.2, 0.25) is 0 Å². The van der Waals surface area contributed by atoms with Crippen LogP contribution in [0.4, 0.5) is 0 Å². The Balaban J connectivity index is 4.00. The summed E-state index contributed by atoms with van der Waals surface area (Å²) in [5.41, 5.74) is 5.37. The lowest BCUT2D eigenvalue weighted by molar-refractivity contribution is -0.154. The van der Waals surface area contributed by atoms with Crippen LogP contribution in [0, 0.1) is 0 Å². The molecule has 0 bridgehead atoms. The average Bonchev–Trinajstić information content (AvgIpc) is 3.13. The first-order valence-corrected chi connectivity index (χ1v) is 23.3. The van der Waals surface area contributed by atoms with E-state index in [0.717, 1.165) is 44.9 Å². The van der Waals surface area contributed by atoms with Crippen LogP contribution in [-0.2, 0) is 27.9 Å². The number of carbonyl (C=O) groups excluding carboxylic acids is 1. The largest absolute Gasteiger partial charge is 0.472 e. The molecule has 2 atom stereocenters. The van der Waals surface area contributed by atoms with Gasteiger partial charge in [0.15, 0.2) is 0 Å². The van der Waals surface area contributed by atoms with Gasteiger partial charge in [-0.2, -0.15) is 0 Å². The normalized spacial score (nSPS) is 13.7. The maximum atomic E-state index is 12.6. The van der Waals surface area contributed by atoms with Crippen molar-refractivity contribution in [2.45, 2.75) is 213 Å². The van der Waals surface area contributed by atoms with Gasteiger partial charge in [0.1, 0.15) is 6.10 Å². The number of unbranched alkanes of at least 4 members (excludes halogenated alkanes) is 25. The molecule has 0 aromatic rings. The van der Waals surface area contributed by atoms with Crippen molar-refractivity contribution in [3.8, 4) is 0 Å². The number of esters is 1. The van der Waals surface area contributed by atoms with Gasteiger partial charge in [0.05, 0.1) is 19.8 Å². The molecule has 0 heterocycles. The second-order valence-corrected chi connectivity index (χ2v) is 16.0. The molecule has 9 heteroatoms. The van der Waals surface area contributed by atoms with Crippen LogP contribution in [0.25, 0.3) is 0 Å². The van der Waals surface area contributed by atoms with Gasteiger partial charge >= 0.3 is 13.8 Å². The van der Waals surface area contributed by atoms with Crippen molar-refractivity contribution in [2.24, 2.45) is 5.73 Å². The zero-order chi connectivity index (χ0) is 38.1. The van der Waals surface area contributed by atoms with Crippen LogP contribution in [0.1, 0.15) is 206 Å². The van der Waals surface area contributed by atoms with E-state index in [4.69, 9.17) is 24.3 Å². The zero-order valence-corrected chi connectivity index (χ0v) is 35.0. The Morgan fingerprint density at radius 2 is 1.04 bits per heavy atom. The highest BCUT2D eigenvalue weighted by atomic mass is 31.2. The minimum absolute atomic E-state index is 0.0957. The van der Waals surface area contributed by atoms with Crippen molar-refractivity contribution < 1.29 is 32.8 Å². The molecule has 2 unspecified atom stereocenters. The van der Waals surface area contributed by atoms with Crippen LogP contribution >= 0.6 is 7.82 Å². The zero-order valence-electron chi connectivity index (χ0n) is 34.1. The van der Waals surface area contributed by atoms with Gasteiger partial charge in [0, 0.05) is 19.6 Å². The van der Waals surface area contributed by atoms with Crippen LogP contribution in [0.2, 0.25) is 0 Å². The Labute approximate surface area is 321 Å². The van der Waals surface area contributed by atoms with Crippen molar-refractivity contribution in [1.82, 2.24) is 0 Å². The van der Waals surface area contributed by atoms with Gasteiger partial charge in [-0.25, -0.2) is 4.57 Å². The fraction of sp³-hybridized carbons (Fsp3) is 0.884. The third kappa shape index (κ3) is 40.2. The maximum absolute atomic E-state index is 12.6. The highest BCUT2D eigenvalue weighted by molar-refractivity contribution is 7.47. The molecule has 0 aromatic carbocycles. The van der Waals surface area contributed by atoms with Crippen LogP contribution < -0.4 is 5.73 Å². The van der Waals surface area contributed by atoms with Gasteiger partial charge in [-0.3, -0.25) is 13.8 Å². The lowest BCUT2D eigenvalue weighted by Crippen LogP contribution is -2.28. The number of phosphoric acid groups is 1. The number of allylic oxidation sites excluding steroid dienone is 4. The molecule has 0 rings (SSSR count). The molecule has 3 N–H and O–H groups in total. The summed E-state index contributed by atoms with van der Waals surface area (Å²) in [6.45, 7) is 4.89. The van der Waals surface area contributed by atoms with E-state index in [1.165, 1.54) is 141 Å². The third-order valence-electron chi connectivity index (χ3n) is 9.37. The first-order chi connectivity index (χ1) is 25.4. The number of nitrogens with two attached hydrogens (primary N) is 1. The quantitative estimate of drug-likeness (QED) is 0.0273. The van der Waals surface area contributed by atoms with Crippen molar-refractivity contribution in [3.05, 3.63) is 24.3 Å². The highest BCUT2D eigenvalue weighted by Gasteiger charge is 2.25. The van der Waals surface area contributed by atoms with E-state index < -0.39 is 13.9 Å². The molecule has 0 saturated heterocycles. The molecule has 0 spiro atoms. The Morgan fingerprint density at radius 1 is 0.577 bits per heavy atom. The average molecular weight is 758 g/mol. The topological polar surface area (TPSA) is 117 Å². The second-order valence-electron chi connectivity index (χ2n) is 14.6. The molecule has 308 valence electrons. The van der Waals surface area contributed by atoms with E-state index in [-0.39, 0.29) is 32.3 Å². The summed E-state index contributed by atoms with van der Waals surface area (Å²) < 4.78 is 33.4. The van der Waals surface area contributed by atoms with Crippen LogP contribution in [0.15, 0.2) is 24.3 Å².